The summed E-state index contributed by atoms with van der Waals surface area (Å²) in [5, 5.41) is 2.87. The van der Waals surface area contributed by atoms with Crippen LogP contribution in [0.25, 0.3) is 0 Å². The van der Waals surface area contributed by atoms with Gasteiger partial charge in [-0.15, -0.1) is 10.3 Å². The Hall–Kier alpha value is -0.650. The monoisotopic (exact) mass is 161 g/mol. The molecule has 0 aliphatic rings. The van der Waals surface area contributed by atoms with Crippen molar-refractivity contribution in [1.29, 1.82) is 0 Å². The molecule has 11 heavy (non-hydrogen) atoms. The number of rotatable bonds is 4. The number of hydrazine groups is 2. The largest absolute Gasteiger partial charge is 0.286 e. The van der Waals surface area contributed by atoms with Gasteiger partial charge in [0.25, 0.3) is 0 Å². The predicted octanol–water partition coefficient (Wildman–Crippen LogP) is -0.232. The van der Waals surface area contributed by atoms with E-state index in [0.29, 0.717) is 6.42 Å². The van der Waals surface area contributed by atoms with Crippen molar-refractivity contribution in [2.75, 3.05) is 21.2 Å². The molecule has 0 rings (SSSR count). The van der Waals surface area contributed by atoms with Gasteiger partial charge in [-0.05, 0) is 0 Å². The molecule has 0 heterocycles. The number of hydrogen-bond donors (Lipinski definition) is 1. The second-order valence-electron chi connectivity index (χ2n) is 2.06. The summed E-state index contributed by atoms with van der Waals surface area (Å²) in [6.45, 7) is 1.79. The molecule has 0 fully saturated rings. The van der Waals surface area contributed by atoms with Gasteiger partial charge in [0, 0.05) is 20.5 Å². The molecule has 0 saturated heterocycles. The number of hydrogen-bond acceptors (Lipinski definition) is 4. The number of nitrogens with zero attached hydrogens (tertiary/aromatic N) is 2. The fourth-order valence-electron chi connectivity index (χ4n) is 0.452. The third-order valence-electron chi connectivity index (χ3n) is 1.29. The molecule has 0 atom stereocenters. The van der Waals surface area contributed by atoms with E-state index in [1.807, 2.05) is 0 Å². The lowest BCUT2D eigenvalue weighted by atomic mass is 10.5. The van der Waals surface area contributed by atoms with Crippen molar-refractivity contribution in [2.45, 2.75) is 13.3 Å². The van der Waals surface area contributed by atoms with Gasteiger partial charge in [-0.25, -0.2) is 0 Å². The molecule has 0 aromatic carbocycles. The maximum Gasteiger partial charge on any atom is 0.235 e. The summed E-state index contributed by atoms with van der Waals surface area (Å²) in [6.07, 6.45) is 0.460. The summed E-state index contributed by atoms with van der Waals surface area (Å²) in [5.41, 5.74) is 2.58. The number of hydroxylamine groups is 1. The second-order valence-corrected chi connectivity index (χ2v) is 2.06. The Bertz CT molecular complexity index is 129. The van der Waals surface area contributed by atoms with Gasteiger partial charge in [-0.2, -0.15) is 0 Å². The van der Waals surface area contributed by atoms with Gasteiger partial charge >= 0.3 is 0 Å². The minimum Gasteiger partial charge on any atom is -0.286 e. The van der Waals surface area contributed by atoms with E-state index in [1.54, 1.807) is 21.0 Å². The lowest BCUT2D eigenvalue weighted by molar-refractivity contribution is -0.258. The highest BCUT2D eigenvalue weighted by Gasteiger charge is 2.05. The average Bonchev–Trinajstić information content (AvgIpc) is 2.02. The van der Waals surface area contributed by atoms with Crippen LogP contribution in [0.5, 0.6) is 0 Å². The van der Waals surface area contributed by atoms with E-state index < -0.39 is 0 Å². The molecular formula is C6H15N3O2. The zero-order chi connectivity index (χ0) is 8.85. The van der Waals surface area contributed by atoms with Crippen LogP contribution in [0, 0.1) is 0 Å². The third-order valence-corrected chi connectivity index (χ3v) is 1.29. The first-order valence-corrected chi connectivity index (χ1v) is 3.42. The molecule has 0 aromatic heterocycles. The number of carbonyl (C=O) groups is 1. The van der Waals surface area contributed by atoms with Gasteiger partial charge in [-0.3, -0.25) is 15.1 Å². The van der Waals surface area contributed by atoms with E-state index in [-0.39, 0.29) is 5.91 Å². The van der Waals surface area contributed by atoms with Crippen LogP contribution >= 0.6 is 0 Å². The molecule has 0 bridgehead atoms. The van der Waals surface area contributed by atoms with Gasteiger partial charge in [0.05, 0.1) is 7.11 Å². The summed E-state index contributed by atoms with van der Waals surface area (Å²) in [4.78, 5) is 15.6. The van der Waals surface area contributed by atoms with E-state index in [0.717, 1.165) is 0 Å². The van der Waals surface area contributed by atoms with Crippen molar-refractivity contribution in [3.8, 4) is 0 Å². The first-order chi connectivity index (χ1) is 5.11. The molecule has 0 radical (unpaired) electrons. The Morgan fingerprint density at radius 1 is 1.55 bits per heavy atom. The van der Waals surface area contributed by atoms with Gasteiger partial charge in [0.1, 0.15) is 0 Å². The van der Waals surface area contributed by atoms with E-state index in [2.05, 4.69) is 5.43 Å². The van der Waals surface area contributed by atoms with Crippen LogP contribution in [0.3, 0.4) is 0 Å². The van der Waals surface area contributed by atoms with Crippen molar-refractivity contribution in [3.63, 3.8) is 0 Å². The molecular weight excluding hydrogens is 146 g/mol. The Labute approximate surface area is 66.8 Å². The van der Waals surface area contributed by atoms with Crippen molar-refractivity contribution >= 4 is 5.91 Å². The zero-order valence-corrected chi connectivity index (χ0v) is 7.42. The van der Waals surface area contributed by atoms with Crippen molar-refractivity contribution in [3.05, 3.63) is 0 Å². The van der Waals surface area contributed by atoms with E-state index in [1.165, 1.54) is 17.4 Å². The van der Waals surface area contributed by atoms with Gasteiger partial charge in [0.2, 0.25) is 5.91 Å². The van der Waals surface area contributed by atoms with Crippen LogP contribution < -0.4 is 5.43 Å². The van der Waals surface area contributed by atoms with Gasteiger partial charge < -0.3 is 0 Å². The highest BCUT2D eigenvalue weighted by molar-refractivity contribution is 5.74. The van der Waals surface area contributed by atoms with E-state index >= 15 is 0 Å². The van der Waals surface area contributed by atoms with Crippen LogP contribution in [0.1, 0.15) is 13.3 Å². The molecule has 0 aromatic rings. The molecule has 0 unspecified atom stereocenters. The van der Waals surface area contributed by atoms with Gasteiger partial charge in [0.15, 0.2) is 0 Å². The maximum atomic E-state index is 10.8. The van der Waals surface area contributed by atoms with E-state index in [9.17, 15) is 4.79 Å². The van der Waals surface area contributed by atoms with Crippen LogP contribution in [-0.2, 0) is 9.63 Å². The lowest BCUT2D eigenvalue weighted by Gasteiger charge is -2.25. The van der Waals surface area contributed by atoms with Gasteiger partial charge in [-0.1, -0.05) is 6.92 Å². The summed E-state index contributed by atoms with van der Waals surface area (Å²) in [6, 6.07) is 0. The minimum absolute atomic E-state index is 0.0450. The molecule has 5 heteroatoms. The van der Waals surface area contributed by atoms with Crippen LogP contribution in [0.4, 0.5) is 0 Å². The summed E-state index contributed by atoms with van der Waals surface area (Å²) in [5.74, 6) is -0.0450. The molecule has 0 saturated carbocycles. The standard InChI is InChI=1S/C6H15N3O2/c1-5-6(10)7-8(2)9(3)11-4/h5H2,1-4H3,(H,7,10). The van der Waals surface area contributed by atoms with Crippen molar-refractivity contribution < 1.29 is 9.63 Å². The normalized spacial score (nSPS) is 10.7. The Kier molecular flexibility index (Phi) is 4.76. The summed E-state index contributed by atoms with van der Waals surface area (Å²) >= 11 is 0. The molecule has 66 valence electrons. The lowest BCUT2D eigenvalue weighted by Crippen LogP contribution is -2.48. The SMILES string of the molecule is CCC(=O)NN(C)N(C)OC. The molecule has 1 amide bonds. The minimum atomic E-state index is -0.0450. The smallest absolute Gasteiger partial charge is 0.235 e. The summed E-state index contributed by atoms with van der Waals surface area (Å²) < 4.78 is 0. The average molecular weight is 161 g/mol. The quantitative estimate of drug-likeness (QED) is 0.578. The number of carbonyl (C=O) groups excluding carboxylic acids is 1. The van der Waals surface area contributed by atoms with E-state index in [4.69, 9.17) is 4.84 Å². The molecule has 5 nitrogen and oxygen atoms in total. The second kappa shape index (κ2) is 5.06. The molecule has 0 aliphatic heterocycles. The van der Waals surface area contributed by atoms with Crippen LogP contribution in [0.2, 0.25) is 0 Å². The highest BCUT2D eigenvalue weighted by Crippen LogP contribution is 1.85. The predicted molar refractivity (Wildman–Crippen MR) is 41.0 cm³/mol. The third kappa shape index (κ3) is 3.92. The van der Waals surface area contributed by atoms with Crippen molar-refractivity contribution in [1.82, 2.24) is 15.7 Å². The number of nitrogens with one attached hydrogen (secondary N) is 1. The number of amides is 1. The molecule has 0 spiro atoms. The van der Waals surface area contributed by atoms with Crippen LogP contribution in [0.15, 0.2) is 0 Å². The zero-order valence-electron chi connectivity index (χ0n) is 7.42. The first kappa shape index (κ1) is 10.3. The summed E-state index contributed by atoms with van der Waals surface area (Å²) in [7, 11) is 4.90. The fraction of sp³-hybridized carbons (Fsp3) is 0.833. The highest BCUT2D eigenvalue weighted by atomic mass is 16.7. The Balaban J connectivity index is 3.67. The fourth-order valence-corrected chi connectivity index (χ4v) is 0.452. The topological polar surface area (TPSA) is 44.8 Å². The first-order valence-electron chi connectivity index (χ1n) is 3.42. The Morgan fingerprint density at radius 2 is 2.09 bits per heavy atom. The molecule has 1 N–H and O–H groups in total. The van der Waals surface area contributed by atoms with Crippen molar-refractivity contribution in [2.24, 2.45) is 0 Å². The maximum absolute atomic E-state index is 10.8. The molecule has 0 aliphatic carbocycles. The Morgan fingerprint density at radius 3 is 2.45 bits per heavy atom. The van der Waals surface area contributed by atoms with Crippen LogP contribution in [-0.4, -0.2) is 37.4 Å².